The fourth-order valence-electron chi connectivity index (χ4n) is 3.16. The zero-order chi connectivity index (χ0) is 23.7. The minimum absolute atomic E-state index is 0.0360. The molecule has 2 rings (SSSR count). The number of carbonyl (C=O) groups excluding carboxylic acids is 3. The minimum Gasteiger partial charge on any atom is -0.463 e. The molecule has 32 heavy (non-hydrogen) atoms. The van der Waals surface area contributed by atoms with E-state index in [1.54, 1.807) is 5.48 Å². The van der Waals surface area contributed by atoms with Crippen LogP contribution < -0.4 is 16.5 Å². The van der Waals surface area contributed by atoms with Crippen LogP contribution in [0.4, 0.5) is 5.82 Å². The second-order valence-corrected chi connectivity index (χ2v) is 7.36. The summed E-state index contributed by atoms with van der Waals surface area (Å²) in [4.78, 5) is 49.7. The van der Waals surface area contributed by atoms with Gasteiger partial charge in [0.25, 0.3) is 0 Å². The highest BCUT2D eigenvalue weighted by Crippen LogP contribution is 2.28. The number of carbonyl (C=O) groups is 3. The van der Waals surface area contributed by atoms with Crippen molar-refractivity contribution in [2.24, 2.45) is 0 Å². The number of hydroxylamine groups is 1. The highest BCUT2D eigenvalue weighted by molar-refractivity contribution is 5.87. The quantitative estimate of drug-likeness (QED) is 0.122. The van der Waals surface area contributed by atoms with Crippen LogP contribution >= 0.6 is 0 Å². The number of aromatic nitrogens is 2. The van der Waals surface area contributed by atoms with Gasteiger partial charge in [-0.2, -0.15) is 4.98 Å². The van der Waals surface area contributed by atoms with E-state index in [9.17, 15) is 29.4 Å². The fourth-order valence-corrected chi connectivity index (χ4v) is 3.16. The molecule has 1 saturated heterocycles. The van der Waals surface area contributed by atoms with Gasteiger partial charge in [0, 0.05) is 26.0 Å². The second-order valence-electron chi connectivity index (χ2n) is 7.36. The summed E-state index contributed by atoms with van der Waals surface area (Å²) >= 11 is 0. The zero-order valence-electron chi connectivity index (χ0n) is 17.6. The minimum atomic E-state index is -1.46. The van der Waals surface area contributed by atoms with Crippen molar-refractivity contribution in [3.8, 4) is 0 Å². The third-order valence-corrected chi connectivity index (χ3v) is 4.81. The number of nitrogens with one attached hydrogen (secondary N) is 2. The van der Waals surface area contributed by atoms with Gasteiger partial charge in [-0.15, -0.1) is 0 Å². The van der Waals surface area contributed by atoms with Gasteiger partial charge in [0.05, 0.1) is 0 Å². The molecule has 0 saturated carbocycles. The number of esters is 1. The van der Waals surface area contributed by atoms with Crippen LogP contribution in [-0.4, -0.2) is 67.7 Å². The lowest BCUT2D eigenvalue weighted by atomic mass is 10.1. The molecule has 5 N–H and O–H groups in total. The number of hydrogen-bond donors (Lipinski definition) is 5. The maximum atomic E-state index is 12.2. The lowest BCUT2D eigenvalue weighted by Gasteiger charge is -2.17. The Kier molecular flexibility index (Phi) is 9.71. The Morgan fingerprint density at radius 3 is 2.47 bits per heavy atom. The zero-order valence-corrected chi connectivity index (χ0v) is 17.6. The molecule has 13 nitrogen and oxygen atoms in total. The van der Waals surface area contributed by atoms with Gasteiger partial charge in [0.15, 0.2) is 6.23 Å². The van der Waals surface area contributed by atoms with E-state index < -0.39 is 48.0 Å². The number of hydrogen-bond acceptors (Lipinski definition) is 10. The number of aliphatic hydroxyl groups excluding tert-OH is 2. The molecule has 2 heterocycles. The van der Waals surface area contributed by atoms with Gasteiger partial charge in [-0.1, -0.05) is 12.8 Å². The Morgan fingerprint density at radius 1 is 1.16 bits per heavy atom. The SMILES string of the molecule is CC(=O)Nc1ccn(C2OC(COC(=O)CCCCCCC(=O)NO)C(O)C2O)c(=O)n1. The molecule has 1 aliphatic heterocycles. The van der Waals surface area contributed by atoms with E-state index in [1.165, 1.54) is 19.2 Å². The van der Waals surface area contributed by atoms with Gasteiger partial charge in [0.1, 0.15) is 30.7 Å². The molecule has 0 spiro atoms. The van der Waals surface area contributed by atoms with Crippen molar-refractivity contribution in [3.05, 3.63) is 22.7 Å². The summed E-state index contributed by atoms with van der Waals surface area (Å²) in [6.45, 7) is 0.953. The van der Waals surface area contributed by atoms with E-state index in [0.717, 1.165) is 4.57 Å². The molecule has 1 aromatic rings. The van der Waals surface area contributed by atoms with Crippen LogP contribution in [0.3, 0.4) is 0 Å². The predicted molar refractivity (Wildman–Crippen MR) is 107 cm³/mol. The van der Waals surface area contributed by atoms with Crippen LogP contribution in [0, 0.1) is 0 Å². The van der Waals surface area contributed by atoms with Crippen molar-refractivity contribution in [2.45, 2.75) is 70.0 Å². The predicted octanol–water partition coefficient (Wildman–Crippen LogP) is -0.790. The second kappa shape index (κ2) is 12.2. The van der Waals surface area contributed by atoms with Crippen molar-refractivity contribution >= 4 is 23.6 Å². The summed E-state index contributed by atoms with van der Waals surface area (Å²) in [6.07, 6.45) is -1.000. The number of anilines is 1. The lowest BCUT2D eigenvalue weighted by molar-refractivity contribution is -0.150. The molecule has 4 atom stereocenters. The Hall–Kier alpha value is -2.87. The molecular weight excluding hydrogens is 428 g/mol. The summed E-state index contributed by atoms with van der Waals surface area (Å²) in [5, 5.41) is 31.2. The Morgan fingerprint density at radius 2 is 1.84 bits per heavy atom. The number of unbranched alkanes of at least 4 members (excludes halogenated alkanes) is 3. The van der Waals surface area contributed by atoms with Gasteiger partial charge in [0.2, 0.25) is 11.8 Å². The van der Waals surface area contributed by atoms with Crippen LogP contribution in [0.15, 0.2) is 17.1 Å². The smallest absolute Gasteiger partial charge is 0.351 e. The maximum absolute atomic E-state index is 12.2. The maximum Gasteiger partial charge on any atom is 0.351 e. The molecule has 0 aliphatic carbocycles. The normalized spacial score (nSPS) is 22.4. The highest BCUT2D eigenvalue weighted by atomic mass is 16.6. The summed E-state index contributed by atoms with van der Waals surface area (Å²) in [7, 11) is 0. The molecule has 0 aromatic carbocycles. The van der Waals surface area contributed by atoms with Crippen molar-refractivity contribution in [2.75, 3.05) is 11.9 Å². The topological polar surface area (TPSA) is 189 Å². The number of nitrogens with zero attached hydrogens (tertiary/aromatic N) is 2. The summed E-state index contributed by atoms with van der Waals surface area (Å²) < 4.78 is 11.6. The first kappa shape index (κ1) is 25.4. The van der Waals surface area contributed by atoms with Gasteiger partial charge in [-0.3, -0.25) is 24.2 Å². The molecule has 13 heteroatoms. The average molecular weight is 456 g/mol. The Labute approximate surface area is 183 Å². The first-order chi connectivity index (χ1) is 15.2. The fraction of sp³-hybridized carbons (Fsp3) is 0.632. The summed E-state index contributed by atoms with van der Waals surface area (Å²) in [5.74, 6) is -1.33. The summed E-state index contributed by atoms with van der Waals surface area (Å²) in [6, 6.07) is 1.34. The van der Waals surface area contributed by atoms with E-state index in [4.69, 9.17) is 14.7 Å². The van der Waals surface area contributed by atoms with Crippen molar-refractivity contribution in [1.82, 2.24) is 15.0 Å². The first-order valence-electron chi connectivity index (χ1n) is 10.2. The van der Waals surface area contributed by atoms with Crippen LogP contribution in [0.1, 0.15) is 51.7 Å². The molecule has 4 unspecified atom stereocenters. The van der Waals surface area contributed by atoms with Gasteiger partial charge < -0.3 is 25.0 Å². The number of aliphatic hydroxyl groups is 2. The molecular formula is C19H28N4O9. The molecule has 0 bridgehead atoms. The average Bonchev–Trinajstić information content (AvgIpc) is 3.02. The monoisotopic (exact) mass is 456 g/mol. The molecule has 1 aromatic heterocycles. The molecule has 1 aliphatic rings. The van der Waals surface area contributed by atoms with Crippen LogP contribution in [0.2, 0.25) is 0 Å². The molecule has 0 radical (unpaired) electrons. The third kappa shape index (κ3) is 7.37. The number of ether oxygens (including phenoxy) is 2. The largest absolute Gasteiger partial charge is 0.463 e. The molecule has 178 valence electrons. The highest BCUT2D eigenvalue weighted by Gasteiger charge is 2.44. The van der Waals surface area contributed by atoms with E-state index in [0.29, 0.717) is 25.7 Å². The Bertz CT molecular complexity index is 859. The van der Waals surface area contributed by atoms with Gasteiger partial charge >= 0.3 is 11.7 Å². The van der Waals surface area contributed by atoms with E-state index in [1.807, 2.05) is 0 Å². The molecule has 2 amide bonds. The van der Waals surface area contributed by atoms with Crippen LogP contribution in [0.5, 0.6) is 0 Å². The van der Waals surface area contributed by atoms with Crippen molar-refractivity contribution < 1.29 is 39.3 Å². The van der Waals surface area contributed by atoms with Gasteiger partial charge in [-0.05, 0) is 18.9 Å². The summed E-state index contributed by atoms with van der Waals surface area (Å²) in [5.41, 5.74) is 0.745. The van der Waals surface area contributed by atoms with Crippen LogP contribution in [0.25, 0.3) is 0 Å². The van der Waals surface area contributed by atoms with Crippen molar-refractivity contribution in [3.63, 3.8) is 0 Å². The first-order valence-corrected chi connectivity index (χ1v) is 10.2. The van der Waals surface area contributed by atoms with Crippen molar-refractivity contribution in [1.29, 1.82) is 0 Å². The third-order valence-electron chi connectivity index (χ3n) is 4.81. The van der Waals surface area contributed by atoms with E-state index in [2.05, 4.69) is 10.3 Å². The lowest BCUT2D eigenvalue weighted by Crippen LogP contribution is -2.36. The van der Waals surface area contributed by atoms with E-state index in [-0.39, 0.29) is 25.3 Å². The van der Waals surface area contributed by atoms with Crippen LogP contribution in [-0.2, 0) is 23.9 Å². The Balaban J connectivity index is 1.78. The standard InChI is InChI=1S/C19H28N4O9/c1-11(24)20-13-8-9-23(19(29)21-13)18-17(28)16(27)12(32-18)10-31-15(26)7-5-3-2-4-6-14(25)22-30/h8-9,12,16-18,27-28,30H,2-7,10H2,1H3,(H,22,25)(H,20,21,24,29). The van der Waals surface area contributed by atoms with E-state index >= 15 is 0 Å². The molecule has 1 fully saturated rings. The number of amides is 2. The number of rotatable bonds is 11. The van der Waals surface area contributed by atoms with Gasteiger partial charge in [-0.25, -0.2) is 10.3 Å².